The number of thioether (sulfide) groups is 1. The number of aryl methyl sites for hydroxylation is 2. The molecule has 2 aromatic heterocycles. The van der Waals surface area contributed by atoms with E-state index in [4.69, 9.17) is 4.98 Å². The van der Waals surface area contributed by atoms with Gasteiger partial charge in [-0.2, -0.15) is 10.2 Å². The molecule has 10 heteroatoms. The topological polar surface area (TPSA) is 109 Å². The molecule has 0 saturated carbocycles. The van der Waals surface area contributed by atoms with E-state index in [2.05, 4.69) is 70.2 Å². The van der Waals surface area contributed by atoms with E-state index in [9.17, 15) is 4.79 Å². The molecule has 1 aromatic carbocycles. The first kappa shape index (κ1) is 25.3. The van der Waals surface area contributed by atoms with E-state index in [1.807, 2.05) is 26.2 Å². The molecule has 1 amide bonds. The average Bonchev–Trinajstić information content (AvgIpc) is 3.41. The maximum absolute atomic E-state index is 13.4. The molecule has 0 fully saturated rings. The molecule has 2 aliphatic rings. The second-order valence-corrected chi connectivity index (χ2v) is 12.3. The summed E-state index contributed by atoms with van der Waals surface area (Å²) < 4.78 is 1.73. The highest BCUT2D eigenvalue weighted by molar-refractivity contribution is 8.16. The number of benzene rings is 1. The Morgan fingerprint density at radius 1 is 1.24 bits per heavy atom. The summed E-state index contributed by atoms with van der Waals surface area (Å²) >= 11 is 1.51. The molecule has 194 valence electrons. The summed E-state index contributed by atoms with van der Waals surface area (Å²) in [5, 5.41) is 16.1. The molecule has 2 unspecified atom stereocenters. The van der Waals surface area contributed by atoms with E-state index in [0.717, 1.165) is 47.7 Å². The summed E-state index contributed by atoms with van der Waals surface area (Å²) in [6.07, 6.45) is 9.41. The standard InChI is InChI=1S/C27H34N8OS/c1-26(2,3)24-33-34-27(4,37-24)23(36)31-22-9-7-6-8-17-14-18(10-11-20(17)22)21-12-13-28-25(32-21)30-19-15-29-35(5)16-19/h10-16,22,34H,6-9H2,1-5H3,(H,31,36)(H,28,30,32). The monoisotopic (exact) mass is 518 g/mol. The zero-order valence-electron chi connectivity index (χ0n) is 22.0. The second kappa shape index (κ2) is 9.81. The first-order chi connectivity index (χ1) is 17.6. The Hall–Kier alpha value is -3.40. The fourth-order valence-corrected chi connectivity index (χ4v) is 5.62. The first-order valence-electron chi connectivity index (χ1n) is 12.7. The molecule has 1 aliphatic carbocycles. The van der Waals surface area contributed by atoms with Gasteiger partial charge in [0.25, 0.3) is 5.91 Å². The summed E-state index contributed by atoms with van der Waals surface area (Å²) in [6.45, 7) is 8.23. The normalized spacial score (nSPS) is 21.4. The van der Waals surface area contributed by atoms with Crippen molar-refractivity contribution in [3.8, 4) is 11.3 Å². The predicted molar refractivity (Wildman–Crippen MR) is 148 cm³/mol. The van der Waals surface area contributed by atoms with E-state index < -0.39 is 4.87 Å². The van der Waals surface area contributed by atoms with Crippen molar-refractivity contribution < 1.29 is 4.79 Å². The Morgan fingerprint density at radius 2 is 2.08 bits per heavy atom. The Kier molecular flexibility index (Phi) is 6.70. The number of rotatable bonds is 5. The Morgan fingerprint density at radius 3 is 2.81 bits per heavy atom. The van der Waals surface area contributed by atoms with Crippen molar-refractivity contribution in [2.45, 2.75) is 64.3 Å². The number of carbonyl (C=O) groups is 1. The number of hydrogen-bond donors (Lipinski definition) is 3. The van der Waals surface area contributed by atoms with E-state index in [1.165, 1.54) is 22.9 Å². The summed E-state index contributed by atoms with van der Waals surface area (Å²) in [5.41, 5.74) is 8.14. The number of anilines is 2. The minimum absolute atomic E-state index is 0.0369. The third-order valence-electron chi connectivity index (χ3n) is 6.67. The number of aromatic nitrogens is 4. The lowest BCUT2D eigenvalue weighted by molar-refractivity contribution is -0.124. The SMILES string of the molecule is Cn1cc(Nc2nccc(-c3ccc4c(c3)CCCCC4NC(=O)C3(C)NN=C(C(C)(C)C)S3)n2)cn1. The van der Waals surface area contributed by atoms with Crippen molar-refractivity contribution in [2.24, 2.45) is 17.6 Å². The lowest BCUT2D eigenvalue weighted by atomic mass is 9.95. The van der Waals surface area contributed by atoms with Crippen LogP contribution in [0, 0.1) is 5.41 Å². The van der Waals surface area contributed by atoms with Crippen LogP contribution in [0.5, 0.6) is 0 Å². The number of hydrazone groups is 1. The highest BCUT2D eigenvalue weighted by Gasteiger charge is 2.43. The quantitative estimate of drug-likeness (QED) is 0.412. The van der Waals surface area contributed by atoms with Crippen LogP contribution in [-0.4, -0.2) is 35.6 Å². The van der Waals surface area contributed by atoms with Crippen LogP contribution in [0.1, 0.15) is 64.1 Å². The van der Waals surface area contributed by atoms with Gasteiger partial charge in [0.2, 0.25) is 5.95 Å². The average molecular weight is 519 g/mol. The third kappa shape index (κ3) is 5.49. The Labute approximate surface area is 221 Å². The lowest BCUT2D eigenvalue weighted by Crippen LogP contribution is -2.49. The van der Waals surface area contributed by atoms with Gasteiger partial charge in [-0.05, 0) is 49.4 Å². The van der Waals surface area contributed by atoms with Crippen LogP contribution in [0.4, 0.5) is 11.6 Å². The van der Waals surface area contributed by atoms with E-state index >= 15 is 0 Å². The molecule has 9 nitrogen and oxygen atoms in total. The number of nitrogens with zero attached hydrogens (tertiary/aromatic N) is 5. The van der Waals surface area contributed by atoms with Crippen molar-refractivity contribution in [2.75, 3.05) is 5.32 Å². The number of hydrogen-bond acceptors (Lipinski definition) is 8. The van der Waals surface area contributed by atoms with Gasteiger partial charge in [0, 0.05) is 30.4 Å². The van der Waals surface area contributed by atoms with Crippen molar-refractivity contribution >= 4 is 34.3 Å². The number of nitrogens with one attached hydrogen (secondary N) is 3. The molecular weight excluding hydrogens is 484 g/mol. The summed E-state index contributed by atoms with van der Waals surface area (Å²) in [6, 6.07) is 8.32. The van der Waals surface area contributed by atoms with Crippen LogP contribution in [-0.2, 0) is 18.3 Å². The molecule has 0 spiro atoms. The fraction of sp³-hybridized carbons (Fsp3) is 0.444. The van der Waals surface area contributed by atoms with Crippen LogP contribution >= 0.6 is 11.8 Å². The van der Waals surface area contributed by atoms with Crippen LogP contribution in [0.15, 0.2) is 48.0 Å². The molecule has 3 N–H and O–H groups in total. The fourth-order valence-electron chi connectivity index (χ4n) is 4.60. The molecule has 0 radical (unpaired) electrons. The zero-order valence-corrected chi connectivity index (χ0v) is 22.8. The number of carbonyl (C=O) groups excluding carboxylic acids is 1. The smallest absolute Gasteiger partial charge is 0.258 e. The third-order valence-corrected chi connectivity index (χ3v) is 8.25. The van der Waals surface area contributed by atoms with Gasteiger partial charge in [-0.25, -0.2) is 9.97 Å². The Balaban J connectivity index is 1.34. The van der Waals surface area contributed by atoms with Gasteiger partial charge >= 0.3 is 0 Å². The van der Waals surface area contributed by atoms with Gasteiger partial charge in [0.1, 0.15) is 5.04 Å². The first-order valence-corrected chi connectivity index (χ1v) is 13.5. The van der Waals surface area contributed by atoms with E-state index in [0.29, 0.717) is 5.95 Å². The summed E-state index contributed by atoms with van der Waals surface area (Å²) in [4.78, 5) is 21.7. The Bertz CT molecular complexity index is 1340. The van der Waals surface area contributed by atoms with E-state index in [1.54, 1.807) is 17.1 Å². The molecule has 3 aromatic rings. The van der Waals surface area contributed by atoms with Crippen molar-refractivity contribution in [1.29, 1.82) is 0 Å². The van der Waals surface area contributed by atoms with Crippen LogP contribution in [0.3, 0.4) is 0 Å². The molecule has 37 heavy (non-hydrogen) atoms. The highest BCUT2D eigenvalue weighted by Crippen LogP contribution is 2.38. The largest absolute Gasteiger partial charge is 0.346 e. The zero-order chi connectivity index (χ0) is 26.2. The molecule has 2 atom stereocenters. The van der Waals surface area contributed by atoms with Gasteiger partial charge in [0.15, 0.2) is 4.87 Å². The van der Waals surface area contributed by atoms with Crippen LogP contribution in [0.25, 0.3) is 11.3 Å². The van der Waals surface area contributed by atoms with Crippen LogP contribution < -0.4 is 16.1 Å². The molecule has 0 saturated heterocycles. The number of amides is 1. The maximum Gasteiger partial charge on any atom is 0.258 e. The van der Waals surface area contributed by atoms with Crippen molar-refractivity contribution in [3.05, 3.63) is 54.0 Å². The lowest BCUT2D eigenvalue weighted by Gasteiger charge is -2.27. The predicted octanol–water partition coefficient (Wildman–Crippen LogP) is 4.92. The van der Waals surface area contributed by atoms with Gasteiger partial charge < -0.3 is 10.6 Å². The highest BCUT2D eigenvalue weighted by atomic mass is 32.2. The molecule has 0 bridgehead atoms. The number of fused-ring (bicyclic) bond motifs is 1. The van der Waals surface area contributed by atoms with Gasteiger partial charge in [-0.3, -0.25) is 14.9 Å². The van der Waals surface area contributed by atoms with E-state index in [-0.39, 0.29) is 17.4 Å². The van der Waals surface area contributed by atoms with Gasteiger partial charge in [-0.15, -0.1) is 0 Å². The minimum Gasteiger partial charge on any atom is -0.346 e. The van der Waals surface area contributed by atoms with Crippen molar-refractivity contribution in [1.82, 2.24) is 30.5 Å². The van der Waals surface area contributed by atoms with Crippen molar-refractivity contribution in [3.63, 3.8) is 0 Å². The minimum atomic E-state index is -0.812. The van der Waals surface area contributed by atoms with Crippen LogP contribution in [0.2, 0.25) is 0 Å². The molecule has 3 heterocycles. The molecule has 5 rings (SSSR count). The maximum atomic E-state index is 13.4. The summed E-state index contributed by atoms with van der Waals surface area (Å²) in [7, 11) is 1.87. The molecule has 1 aliphatic heterocycles. The summed E-state index contributed by atoms with van der Waals surface area (Å²) in [5.74, 6) is 0.488. The second-order valence-electron chi connectivity index (χ2n) is 10.9. The molecular formula is C27H34N8OS. The van der Waals surface area contributed by atoms with Gasteiger partial charge in [-0.1, -0.05) is 51.1 Å². The van der Waals surface area contributed by atoms with Gasteiger partial charge in [0.05, 0.1) is 23.6 Å².